The minimum atomic E-state index is -1.14. The van der Waals surface area contributed by atoms with E-state index in [0.29, 0.717) is 6.42 Å². The number of carboxylic acid groups (broad SMARTS) is 1. The van der Waals surface area contributed by atoms with E-state index in [4.69, 9.17) is 5.73 Å². The monoisotopic (exact) mass is 529 g/mol. The largest absolute Gasteiger partial charge is 0.480 e. The van der Waals surface area contributed by atoms with Crippen LogP contribution in [0, 0.1) is 17.8 Å². The van der Waals surface area contributed by atoms with E-state index in [-0.39, 0.29) is 30.6 Å². The molecule has 3 amide bonds. The lowest BCUT2D eigenvalue weighted by Crippen LogP contribution is -2.59. The number of hydrogen-bond acceptors (Lipinski definition) is 5. The third kappa shape index (κ3) is 8.86. The number of fused-ring (bicyclic) bond motifs is 1. The predicted molar refractivity (Wildman–Crippen MR) is 147 cm³/mol. The molecule has 4 atom stereocenters. The predicted octanol–water partition coefficient (Wildman–Crippen LogP) is 2.32. The number of benzene rings is 1. The van der Waals surface area contributed by atoms with Crippen molar-refractivity contribution < 1.29 is 24.3 Å². The van der Waals surface area contributed by atoms with E-state index in [9.17, 15) is 24.3 Å². The molecule has 2 rings (SSSR count). The first-order valence-corrected chi connectivity index (χ1v) is 13.2. The number of nitrogens with one attached hydrogen (secondary N) is 4. The van der Waals surface area contributed by atoms with Crippen molar-refractivity contribution in [3.05, 3.63) is 36.0 Å². The standard InChI is InChI=1S/C28H43N5O5/c1-15(2)11-20(29)25(34)33-24(17(5)6)27(36)31-22(26(35)32-23(28(37)38)12-16(3)4)13-18-14-30-21-10-8-7-9-19(18)21/h7-10,14-17,20,22-24,30H,11-13,29H2,1-6H3,(H,31,36)(H,32,35)(H,33,34)(H,37,38). The summed E-state index contributed by atoms with van der Waals surface area (Å²) in [6, 6.07) is 3.72. The summed E-state index contributed by atoms with van der Waals surface area (Å²) >= 11 is 0. The van der Waals surface area contributed by atoms with E-state index in [0.717, 1.165) is 16.5 Å². The average Bonchev–Trinajstić information content (AvgIpc) is 3.23. The number of carboxylic acids is 1. The second-order valence-electron chi connectivity index (χ2n) is 11.1. The first-order chi connectivity index (χ1) is 17.8. The summed E-state index contributed by atoms with van der Waals surface area (Å²) in [7, 11) is 0. The van der Waals surface area contributed by atoms with Crippen LogP contribution >= 0.6 is 0 Å². The van der Waals surface area contributed by atoms with Crippen LogP contribution in [0.1, 0.15) is 59.9 Å². The van der Waals surface area contributed by atoms with Gasteiger partial charge in [-0.15, -0.1) is 0 Å². The molecule has 1 aromatic heterocycles. The first kappa shape index (κ1) is 30.8. The molecule has 4 unspecified atom stereocenters. The molecular weight excluding hydrogens is 486 g/mol. The van der Waals surface area contributed by atoms with Gasteiger partial charge in [0.1, 0.15) is 18.1 Å². The highest BCUT2D eigenvalue weighted by Gasteiger charge is 2.32. The van der Waals surface area contributed by atoms with Crippen molar-refractivity contribution >= 4 is 34.6 Å². The van der Waals surface area contributed by atoms with Crippen molar-refractivity contribution in [2.45, 2.75) is 85.0 Å². The Bertz CT molecular complexity index is 1110. The number of hydrogen-bond donors (Lipinski definition) is 6. The maximum Gasteiger partial charge on any atom is 0.326 e. The number of H-pyrrole nitrogens is 1. The maximum atomic E-state index is 13.4. The molecule has 0 fully saturated rings. The molecular formula is C28H43N5O5. The summed E-state index contributed by atoms with van der Waals surface area (Å²) in [6.07, 6.45) is 2.61. The minimum Gasteiger partial charge on any atom is -0.480 e. The van der Waals surface area contributed by atoms with Crippen LogP contribution in [-0.4, -0.2) is 57.9 Å². The van der Waals surface area contributed by atoms with Gasteiger partial charge in [0, 0.05) is 23.5 Å². The summed E-state index contributed by atoms with van der Waals surface area (Å²) in [5.41, 5.74) is 7.69. The van der Waals surface area contributed by atoms with Gasteiger partial charge in [-0.1, -0.05) is 59.7 Å². The average molecular weight is 530 g/mol. The Morgan fingerprint density at radius 3 is 2.03 bits per heavy atom. The van der Waals surface area contributed by atoms with Gasteiger partial charge < -0.3 is 31.8 Å². The van der Waals surface area contributed by atoms with E-state index in [1.54, 1.807) is 20.0 Å². The van der Waals surface area contributed by atoms with Crippen LogP contribution in [0.3, 0.4) is 0 Å². The van der Waals surface area contributed by atoms with E-state index in [1.807, 2.05) is 52.0 Å². The Morgan fingerprint density at radius 2 is 1.45 bits per heavy atom. The summed E-state index contributed by atoms with van der Waals surface area (Å²) in [5, 5.41) is 18.6. The molecule has 10 heteroatoms. The molecule has 10 nitrogen and oxygen atoms in total. The summed E-state index contributed by atoms with van der Waals surface area (Å²) in [4.78, 5) is 54.4. The summed E-state index contributed by atoms with van der Waals surface area (Å²) in [6.45, 7) is 11.2. The smallest absolute Gasteiger partial charge is 0.326 e. The Kier molecular flexibility index (Phi) is 11.3. The van der Waals surface area contributed by atoms with Crippen molar-refractivity contribution in [2.75, 3.05) is 0 Å². The molecule has 1 heterocycles. The fourth-order valence-corrected chi connectivity index (χ4v) is 4.37. The fraction of sp³-hybridized carbons (Fsp3) is 0.571. The quantitative estimate of drug-likeness (QED) is 0.220. The van der Waals surface area contributed by atoms with Crippen LogP contribution in [0.25, 0.3) is 10.9 Å². The second kappa shape index (κ2) is 13.9. The number of amides is 3. The number of carbonyl (C=O) groups is 4. The van der Waals surface area contributed by atoms with Gasteiger partial charge in [-0.25, -0.2) is 4.79 Å². The lowest BCUT2D eigenvalue weighted by Gasteiger charge is -2.27. The van der Waals surface area contributed by atoms with E-state index in [1.165, 1.54) is 0 Å². The Hall–Kier alpha value is -3.40. The molecule has 1 aromatic carbocycles. The van der Waals surface area contributed by atoms with E-state index < -0.39 is 47.9 Å². The third-order valence-corrected chi connectivity index (χ3v) is 6.36. The van der Waals surface area contributed by atoms with Crippen molar-refractivity contribution in [1.29, 1.82) is 0 Å². The number of aromatic amines is 1. The SMILES string of the molecule is CC(C)CC(N)C(=O)NC(C(=O)NC(Cc1c[nH]c2ccccc12)C(=O)NC(CC(C)C)C(=O)O)C(C)C. The normalized spacial score (nSPS) is 14.8. The zero-order valence-electron chi connectivity index (χ0n) is 23.2. The molecule has 0 aliphatic heterocycles. The number of aliphatic carboxylic acids is 1. The molecule has 38 heavy (non-hydrogen) atoms. The molecule has 2 aromatic rings. The minimum absolute atomic E-state index is 0.0358. The lowest BCUT2D eigenvalue weighted by molar-refractivity contribution is -0.142. The van der Waals surface area contributed by atoms with Crippen molar-refractivity contribution in [3.8, 4) is 0 Å². The number of rotatable bonds is 14. The van der Waals surface area contributed by atoms with Gasteiger partial charge in [-0.05, 0) is 42.2 Å². The van der Waals surface area contributed by atoms with Crippen LogP contribution in [0.5, 0.6) is 0 Å². The highest BCUT2D eigenvalue weighted by Crippen LogP contribution is 2.20. The molecule has 0 radical (unpaired) electrons. The fourth-order valence-electron chi connectivity index (χ4n) is 4.37. The topological polar surface area (TPSA) is 166 Å². The van der Waals surface area contributed by atoms with Gasteiger partial charge in [-0.2, -0.15) is 0 Å². The zero-order chi connectivity index (χ0) is 28.6. The Balaban J connectivity index is 2.30. The van der Waals surface area contributed by atoms with E-state index in [2.05, 4.69) is 20.9 Å². The number of para-hydroxylation sites is 1. The summed E-state index contributed by atoms with van der Waals surface area (Å²) < 4.78 is 0. The molecule has 0 saturated heterocycles. The van der Waals surface area contributed by atoms with Crippen LogP contribution in [0.15, 0.2) is 30.5 Å². The van der Waals surface area contributed by atoms with Crippen LogP contribution in [-0.2, 0) is 25.6 Å². The third-order valence-electron chi connectivity index (χ3n) is 6.36. The Morgan fingerprint density at radius 1 is 0.842 bits per heavy atom. The van der Waals surface area contributed by atoms with Crippen molar-refractivity contribution in [2.24, 2.45) is 23.5 Å². The number of aromatic nitrogens is 1. The first-order valence-electron chi connectivity index (χ1n) is 13.2. The van der Waals surface area contributed by atoms with Gasteiger partial charge in [0.05, 0.1) is 6.04 Å². The molecule has 0 spiro atoms. The number of nitrogens with two attached hydrogens (primary N) is 1. The van der Waals surface area contributed by atoms with Crippen LogP contribution in [0.2, 0.25) is 0 Å². The van der Waals surface area contributed by atoms with Crippen LogP contribution in [0.4, 0.5) is 0 Å². The maximum absolute atomic E-state index is 13.4. The molecule has 0 saturated carbocycles. The van der Waals surface area contributed by atoms with Gasteiger partial charge in [0.15, 0.2) is 0 Å². The van der Waals surface area contributed by atoms with E-state index >= 15 is 0 Å². The van der Waals surface area contributed by atoms with Gasteiger partial charge in [0.25, 0.3) is 0 Å². The van der Waals surface area contributed by atoms with Crippen LogP contribution < -0.4 is 21.7 Å². The molecule has 0 aliphatic rings. The molecule has 0 bridgehead atoms. The Labute approximate surface area is 224 Å². The molecule has 7 N–H and O–H groups in total. The zero-order valence-corrected chi connectivity index (χ0v) is 23.2. The molecule has 210 valence electrons. The lowest BCUT2D eigenvalue weighted by atomic mass is 9.98. The highest BCUT2D eigenvalue weighted by molar-refractivity contribution is 5.95. The molecule has 0 aliphatic carbocycles. The van der Waals surface area contributed by atoms with Crippen molar-refractivity contribution in [1.82, 2.24) is 20.9 Å². The van der Waals surface area contributed by atoms with Crippen molar-refractivity contribution in [3.63, 3.8) is 0 Å². The van der Waals surface area contributed by atoms with Gasteiger partial charge >= 0.3 is 5.97 Å². The summed E-state index contributed by atoms with van der Waals surface area (Å²) in [5.74, 6) is -2.77. The van der Waals surface area contributed by atoms with Gasteiger partial charge in [-0.3, -0.25) is 14.4 Å². The van der Waals surface area contributed by atoms with Gasteiger partial charge in [0.2, 0.25) is 17.7 Å². The number of carbonyl (C=O) groups excluding carboxylic acids is 3. The highest BCUT2D eigenvalue weighted by atomic mass is 16.4. The second-order valence-corrected chi connectivity index (χ2v) is 11.1.